The second-order valence-corrected chi connectivity index (χ2v) is 6.39. The van der Waals surface area contributed by atoms with Crippen molar-refractivity contribution in [1.82, 2.24) is 5.43 Å². The van der Waals surface area contributed by atoms with E-state index in [1.54, 1.807) is 7.11 Å². The fourth-order valence-corrected chi connectivity index (χ4v) is 4.05. The molecule has 1 aliphatic rings. The van der Waals surface area contributed by atoms with Crippen LogP contribution in [0.4, 0.5) is 0 Å². The molecule has 2 rings (SSSR count). The highest BCUT2D eigenvalue weighted by Crippen LogP contribution is 2.33. The van der Waals surface area contributed by atoms with Gasteiger partial charge in [0, 0.05) is 16.6 Å². The van der Waals surface area contributed by atoms with Crippen molar-refractivity contribution in [2.24, 2.45) is 5.84 Å². The van der Waals surface area contributed by atoms with Gasteiger partial charge in [0.15, 0.2) is 0 Å². The fourth-order valence-electron chi connectivity index (χ4n) is 2.65. The minimum atomic E-state index is 0.156. The molecule has 3 N–H and O–H groups in total. The second-order valence-electron chi connectivity index (χ2n) is 5.05. The molecule has 0 aromatic heterocycles. The van der Waals surface area contributed by atoms with Crippen molar-refractivity contribution in [2.45, 2.75) is 43.4 Å². The third-order valence-electron chi connectivity index (χ3n) is 3.77. The van der Waals surface area contributed by atoms with Crippen molar-refractivity contribution in [1.29, 1.82) is 0 Å². The Morgan fingerprint density at radius 3 is 2.74 bits per heavy atom. The Labute approximate surface area is 120 Å². The van der Waals surface area contributed by atoms with E-state index in [1.807, 2.05) is 30.0 Å². The van der Waals surface area contributed by atoms with E-state index in [0.717, 1.165) is 22.3 Å². The summed E-state index contributed by atoms with van der Waals surface area (Å²) in [5, 5.41) is 0.805. The maximum absolute atomic E-state index is 5.73. The smallest absolute Gasteiger partial charge is 0.123 e. The van der Waals surface area contributed by atoms with Crippen LogP contribution in [0.1, 0.15) is 43.7 Å². The van der Waals surface area contributed by atoms with Crippen molar-refractivity contribution in [3.63, 3.8) is 0 Å². The number of methoxy groups -OCH3 is 1. The van der Waals surface area contributed by atoms with Gasteiger partial charge in [-0.3, -0.25) is 11.3 Å². The van der Waals surface area contributed by atoms with Crippen LogP contribution in [0.25, 0.3) is 0 Å². The molecule has 0 saturated heterocycles. The number of nitrogens with two attached hydrogens (primary N) is 1. The van der Waals surface area contributed by atoms with Gasteiger partial charge in [-0.15, -0.1) is 0 Å². The second kappa shape index (κ2) is 7.78. The lowest BCUT2D eigenvalue weighted by Crippen LogP contribution is -2.30. The van der Waals surface area contributed by atoms with Gasteiger partial charge in [-0.25, -0.2) is 0 Å². The normalized spacial score (nSPS) is 18.2. The third kappa shape index (κ3) is 4.13. The Morgan fingerprint density at radius 1 is 1.32 bits per heavy atom. The molecule has 0 amide bonds. The molecule has 0 radical (unpaired) electrons. The zero-order valence-electron chi connectivity index (χ0n) is 11.6. The number of para-hydroxylation sites is 1. The first-order chi connectivity index (χ1) is 9.35. The number of nitrogens with one attached hydrogen (secondary N) is 1. The molecule has 1 aromatic carbocycles. The van der Waals surface area contributed by atoms with Crippen LogP contribution in [0.3, 0.4) is 0 Å². The Hall–Kier alpha value is -0.710. The summed E-state index contributed by atoms with van der Waals surface area (Å²) in [4.78, 5) is 0. The maximum Gasteiger partial charge on any atom is 0.123 e. The predicted molar refractivity (Wildman–Crippen MR) is 82.4 cm³/mol. The average molecular weight is 280 g/mol. The largest absolute Gasteiger partial charge is 0.496 e. The van der Waals surface area contributed by atoms with Gasteiger partial charge in [-0.1, -0.05) is 37.5 Å². The Bertz CT molecular complexity index is 380. The van der Waals surface area contributed by atoms with E-state index in [0.29, 0.717) is 0 Å². The van der Waals surface area contributed by atoms with Crippen LogP contribution in [-0.2, 0) is 0 Å². The van der Waals surface area contributed by atoms with E-state index in [9.17, 15) is 0 Å². The zero-order chi connectivity index (χ0) is 13.5. The number of hydrogen-bond donors (Lipinski definition) is 2. The molecule has 0 spiro atoms. The van der Waals surface area contributed by atoms with E-state index >= 15 is 0 Å². The molecule has 0 bridgehead atoms. The molecule has 106 valence electrons. The molecule has 4 heteroatoms. The summed E-state index contributed by atoms with van der Waals surface area (Å²) in [6.45, 7) is 0. The van der Waals surface area contributed by atoms with E-state index in [-0.39, 0.29) is 6.04 Å². The van der Waals surface area contributed by atoms with E-state index in [1.165, 1.54) is 32.1 Å². The van der Waals surface area contributed by atoms with Crippen LogP contribution in [0, 0.1) is 0 Å². The molecule has 0 heterocycles. The molecule has 0 aliphatic heterocycles. The number of thioether (sulfide) groups is 1. The van der Waals surface area contributed by atoms with E-state index < -0.39 is 0 Å². The molecule has 1 fully saturated rings. The maximum atomic E-state index is 5.73. The van der Waals surface area contributed by atoms with Gasteiger partial charge in [-0.2, -0.15) is 11.8 Å². The number of ether oxygens (including phenoxy) is 1. The first kappa shape index (κ1) is 14.7. The molecular weight excluding hydrogens is 256 g/mol. The number of hydrazine groups is 1. The summed E-state index contributed by atoms with van der Waals surface area (Å²) in [6, 6.07) is 8.26. The summed E-state index contributed by atoms with van der Waals surface area (Å²) in [5.74, 6) is 7.64. The first-order valence-electron chi connectivity index (χ1n) is 7.05. The third-order valence-corrected chi connectivity index (χ3v) is 5.23. The number of benzene rings is 1. The predicted octanol–water partition coefficient (Wildman–Crippen LogP) is 3.27. The summed E-state index contributed by atoms with van der Waals surface area (Å²) < 4.78 is 5.42. The molecule has 3 nitrogen and oxygen atoms in total. The Morgan fingerprint density at radius 2 is 2.05 bits per heavy atom. The van der Waals surface area contributed by atoms with Crippen molar-refractivity contribution in [3.05, 3.63) is 29.8 Å². The lowest BCUT2D eigenvalue weighted by molar-refractivity contribution is 0.403. The van der Waals surface area contributed by atoms with Crippen molar-refractivity contribution in [3.8, 4) is 5.75 Å². The quantitative estimate of drug-likeness (QED) is 0.620. The number of rotatable bonds is 6. The molecule has 1 aromatic rings. The van der Waals surface area contributed by atoms with E-state index in [4.69, 9.17) is 10.6 Å². The van der Waals surface area contributed by atoms with Crippen LogP contribution < -0.4 is 16.0 Å². The first-order valence-corrected chi connectivity index (χ1v) is 8.10. The minimum Gasteiger partial charge on any atom is -0.496 e. The minimum absolute atomic E-state index is 0.156. The average Bonchev–Trinajstić information content (AvgIpc) is 2.49. The zero-order valence-corrected chi connectivity index (χ0v) is 12.4. The van der Waals surface area contributed by atoms with Gasteiger partial charge in [0.25, 0.3) is 0 Å². The molecular formula is C15H24N2OS. The van der Waals surface area contributed by atoms with Gasteiger partial charge in [0.2, 0.25) is 0 Å². The number of hydrogen-bond acceptors (Lipinski definition) is 4. The van der Waals surface area contributed by atoms with Crippen LogP contribution in [0.2, 0.25) is 0 Å². The van der Waals surface area contributed by atoms with Crippen molar-refractivity contribution < 1.29 is 4.74 Å². The Balaban J connectivity index is 1.95. The van der Waals surface area contributed by atoms with Crippen LogP contribution in [-0.4, -0.2) is 18.1 Å². The summed E-state index contributed by atoms with van der Waals surface area (Å²) in [5.41, 5.74) is 4.08. The molecule has 1 saturated carbocycles. The van der Waals surface area contributed by atoms with Crippen LogP contribution in [0.5, 0.6) is 5.75 Å². The molecule has 19 heavy (non-hydrogen) atoms. The van der Waals surface area contributed by atoms with Gasteiger partial charge in [0.05, 0.1) is 13.2 Å². The van der Waals surface area contributed by atoms with Gasteiger partial charge >= 0.3 is 0 Å². The lowest BCUT2D eigenvalue weighted by Gasteiger charge is -2.24. The topological polar surface area (TPSA) is 47.3 Å². The van der Waals surface area contributed by atoms with E-state index in [2.05, 4.69) is 11.5 Å². The summed E-state index contributed by atoms with van der Waals surface area (Å²) in [7, 11) is 1.71. The highest BCUT2D eigenvalue weighted by atomic mass is 32.2. The van der Waals surface area contributed by atoms with Gasteiger partial charge in [-0.05, 0) is 18.9 Å². The molecule has 1 unspecified atom stereocenters. The van der Waals surface area contributed by atoms with Gasteiger partial charge in [0.1, 0.15) is 5.75 Å². The lowest BCUT2D eigenvalue weighted by atomic mass is 10.0. The van der Waals surface area contributed by atoms with Crippen LogP contribution >= 0.6 is 11.8 Å². The summed E-state index contributed by atoms with van der Waals surface area (Å²) in [6.07, 6.45) is 6.88. The summed E-state index contributed by atoms with van der Waals surface area (Å²) >= 11 is 2.05. The van der Waals surface area contributed by atoms with Crippen molar-refractivity contribution in [2.75, 3.05) is 12.9 Å². The Kier molecular flexibility index (Phi) is 6.01. The standard InChI is InChI=1S/C15H24N2OS/c1-18-15-10-6-5-9-13(15)14(17-16)11-19-12-7-3-2-4-8-12/h5-6,9-10,12,14,17H,2-4,7-8,11,16H2,1H3. The molecule has 1 aliphatic carbocycles. The van der Waals surface area contributed by atoms with Crippen LogP contribution in [0.15, 0.2) is 24.3 Å². The monoisotopic (exact) mass is 280 g/mol. The molecule has 1 atom stereocenters. The highest BCUT2D eigenvalue weighted by Gasteiger charge is 2.19. The SMILES string of the molecule is COc1ccccc1C(CSC1CCCCC1)NN. The van der Waals surface area contributed by atoms with Gasteiger partial charge < -0.3 is 4.74 Å². The highest BCUT2D eigenvalue weighted by molar-refractivity contribution is 7.99. The van der Waals surface area contributed by atoms with Crippen molar-refractivity contribution >= 4 is 11.8 Å². The fraction of sp³-hybridized carbons (Fsp3) is 0.600.